The van der Waals surface area contributed by atoms with Crippen LogP contribution in [-0.4, -0.2) is 57.0 Å². The van der Waals surface area contributed by atoms with Crippen molar-refractivity contribution in [2.45, 2.75) is 32.2 Å². The summed E-state index contributed by atoms with van der Waals surface area (Å²) in [7, 11) is -3.19. The van der Waals surface area contributed by atoms with Crippen molar-refractivity contribution in [3.8, 4) is 0 Å². The molecule has 0 radical (unpaired) electrons. The summed E-state index contributed by atoms with van der Waals surface area (Å²) < 4.78 is 25.9. The molecule has 1 unspecified atom stereocenters. The van der Waals surface area contributed by atoms with Crippen molar-refractivity contribution in [1.29, 1.82) is 0 Å². The van der Waals surface area contributed by atoms with Crippen LogP contribution < -0.4 is 10.5 Å². The Hall–Kier alpha value is -3.02. The lowest BCUT2D eigenvalue weighted by Gasteiger charge is -2.31. The number of sulfone groups is 1. The SMILES string of the molecule is Cc1cccn2c(=O)c(/C=C3/SC(=S)N(C4CCS(=O)(=O)C4)C3=O)c(N3CCCc4ccccc43)nc12. The number of amides is 1. The van der Waals surface area contributed by atoms with Crippen LogP contribution in [0.5, 0.6) is 0 Å². The molecule has 0 spiro atoms. The number of pyridine rings is 1. The largest absolute Gasteiger partial charge is 0.325 e. The molecule has 5 heterocycles. The summed E-state index contributed by atoms with van der Waals surface area (Å²) in [4.78, 5) is 36.0. The molecule has 3 aliphatic heterocycles. The molecular weight excluding hydrogens is 529 g/mol. The number of hydrogen-bond acceptors (Lipinski definition) is 8. The van der Waals surface area contributed by atoms with Crippen molar-refractivity contribution in [2.24, 2.45) is 0 Å². The van der Waals surface area contributed by atoms with Crippen molar-refractivity contribution in [1.82, 2.24) is 14.3 Å². The molecule has 3 aliphatic rings. The van der Waals surface area contributed by atoms with E-state index in [2.05, 4.69) is 11.0 Å². The molecule has 2 aromatic heterocycles. The number of rotatable bonds is 3. The van der Waals surface area contributed by atoms with E-state index in [0.29, 0.717) is 39.2 Å². The second kappa shape index (κ2) is 9.07. The van der Waals surface area contributed by atoms with Gasteiger partial charge in [-0.1, -0.05) is 48.2 Å². The Morgan fingerprint density at radius 1 is 1.16 bits per heavy atom. The van der Waals surface area contributed by atoms with Crippen molar-refractivity contribution in [2.75, 3.05) is 23.0 Å². The van der Waals surface area contributed by atoms with Crippen molar-refractivity contribution < 1.29 is 13.2 Å². The van der Waals surface area contributed by atoms with Gasteiger partial charge in [-0.15, -0.1) is 0 Å². The molecule has 2 saturated heterocycles. The second-order valence-corrected chi connectivity index (χ2v) is 13.4. The predicted octanol–water partition coefficient (Wildman–Crippen LogP) is 3.48. The summed E-state index contributed by atoms with van der Waals surface area (Å²) in [6.07, 6.45) is 5.47. The van der Waals surface area contributed by atoms with Crippen LogP contribution in [-0.2, 0) is 21.1 Å². The molecule has 6 rings (SSSR count). The number of carbonyl (C=O) groups is 1. The summed E-state index contributed by atoms with van der Waals surface area (Å²) in [5, 5.41) is 0. The number of aromatic nitrogens is 2. The van der Waals surface area contributed by atoms with E-state index in [0.717, 1.165) is 35.9 Å². The van der Waals surface area contributed by atoms with Crippen molar-refractivity contribution >= 4 is 67.3 Å². The van der Waals surface area contributed by atoms with Crippen LogP contribution in [0.2, 0.25) is 0 Å². The molecule has 8 nitrogen and oxygen atoms in total. The van der Waals surface area contributed by atoms with Crippen LogP contribution in [0.15, 0.2) is 52.3 Å². The fourth-order valence-corrected chi connectivity index (χ4v) is 8.37. The monoisotopic (exact) mass is 552 g/mol. The van der Waals surface area contributed by atoms with Gasteiger partial charge in [-0.3, -0.25) is 18.9 Å². The van der Waals surface area contributed by atoms with Crippen LogP contribution in [0, 0.1) is 6.92 Å². The van der Waals surface area contributed by atoms with E-state index in [4.69, 9.17) is 17.2 Å². The molecule has 190 valence electrons. The lowest BCUT2D eigenvalue weighted by molar-refractivity contribution is -0.123. The second-order valence-electron chi connectivity index (χ2n) is 9.53. The Labute approximate surface area is 223 Å². The smallest absolute Gasteiger partial charge is 0.267 e. The third-order valence-electron chi connectivity index (χ3n) is 7.10. The quantitative estimate of drug-likeness (QED) is 0.360. The first-order chi connectivity index (χ1) is 17.7. The maximum absolute atomic E-state index is 13.9. The summed E-state index contributed by atoms with van der Waals surface area (Å²) in [6, 6.07) is 11.3. The minimum absolute atomic E-state index is 0.0432. The number of benzene rings is 1. The van der Waals surface area contributed by atoms with Crippen LogP contribution in [0.1, 0.15) is 29.5 Å². The van der Waals surface area contributed by atoms with Crippen LogP contribution in [0.3, 0.4) is 0 Å². The van der Waals surface area contributed by atoms with E-state index in [1.54, 1.807) is 18.3 Å². The average molecular weight is 553 g/mol. The van der Waals surface area contributed by atoms with Gasteiger partial charge in [-0.25, -0.2) is 13.4 Å². The number of nitrogens with zero attached hydrogens (tertiary/aromatic N) is 4. The zero-order valence-corrected chi connectivity index (χ0v) is 22.5. The summed E-state index contributed by atoms with van der Waals surface area (Å²) in [5.41, 5.74) is 3.63. The average Bonchev–Trinajstić information content (AvgIpc) is 3.37. The summed E-state index contributed by atoms with van der Waals surface area (Å²) in [5.74, 6) is 0.0832. The van der Waals surface area contributed by atoms with E-state index in [1.807, 2.05) is 31.2 Å². The topological polar surface area (TPSA) is 92.1 Å². The molecule has 0 N–H and O–H groups in total. The Morgan fingerprint density at radius 3 is 2.76 bits per heavy atom. The van der Waals surface area contributed by atoms with Gasteiger partial charge in [0.1, 0.15) is 15.8 Å². The maximum atomic E-state index is 13.9. The lowest BCUT2D eigenvalue weighted by Crippen LogP contribution is -2.39. The number of thioether (sulfide) groups is 1. The molecule has 2 fully saturated rings. The van der Waals surface area contributed by atoms with E-state index in [-0.39, 0.29) is 23.0 Å². The van der Waals surface area contributed by atoms with E-state index < -0.39 is 15.9 Å². The predicted molar refractivity (Wildman–Crippen MR) is 150 cm³/mol. The van der Waals surface area contributed by atoms with Gasteiger partial charge in [0.15, 0.2) is 9.84 Å². The number of hydrogen-bond donors (Lipinski definition) is 0. The number of anilines is 2. The Balaban J connectivity index is 1.51. The minimum Gasteiger partial charge on any atom is -0.325 e. The van der Waals surface area contributed by atoms with Gasteiger partial charge in [-0.2, -0.15) is 0 Å². The minimum atomic E-state index is -3.19. The number of carbonyl (C=O) groups excluding carboxylic acids is 1. The molecule has 0 aliphatic carbocycles. The Bertz CT molecular complexity index is 1680. The number of para-hydroxylation sites is 1. The molecule has 1 aromatic carbocycles. The molecule has 1 amide bonds. The third kappa shape index (κ3) is 4.18. The molecule has 11 heteroatoms. The highest BCUT2D eigenvalue weighted by atomic mass is 32.2. The van der Waals surface area contributed by atoms with Gasteiger partial charge in [0.05, 0.1) is 28.0 Å². The molecule has 1 atom stereocenters. The normalized spacial score (nSPS) is 22.3. The number of aryl methyl sites for hydroxylation is 2. The lowest BCUT2D eigenvalue weighted by atomic mass is 10.0. The standard InChI is InChI=1S/C26H24N4O4S3/c1-16-6-4-12-29-22(16)27-23(28-11-5-8-17-7-2-3-9-20(17)28)19(24(29)31)14-21-25(32)30(26(35)36-21)18-10-13-37(33,34)15-18/h2-4,6-7,9,12,14,18H,5,8,10-11,13,15H2,1H3/b21-14+. The van der Waals surface area contributed by atoms with Gasteiger partial charge in [0.2, 0.25) is 0 Å². The molecule has 37 heavy (non-hydrogen) atoms. The first-order valence-corrected chi connectivity index (χ1v) is 15.1. The van der Waals surface area contributed by atoms with Gasteiger partial charge in [0, 0.05) is 18.4 Å². The van der Waals surface area contributed by atoms with E-state index in [9.17, 15) is 18.0 Å². The maximum Gasteiger partial charge on any atom is 0.267 e. The van der Waals surface area contributed by atoms with Crippen LogP contribution in [0.25, 0.3) is 11.7 Å². The summed E-state index contributed by atoms with van der Waals surface area (Å²) >= 11 is 6.58. The zero-order valence-electron chi connectivity index (χ0n) is 20.1. The highest BCUT2D eigenvalue weighted by molar-refractivity contribution is 8.26. The molecule has 3 aromatic rings. The third-order valence-corrected chi connectivity index (χ3v) is 10.2. The van der Waals surface area contributed by atoms with Crippen LogP contribution in [0.4, 0.5) is 11.5 Å². The Kier molecular flexibility index (Phi) is 5.96. The van der Waals surface area contributed by atoms with Crippen molar-refractivity contribution in [3.63, 3.8) is 0 Å². The first-order valence-electron chi connectivity index (χ1n) is 12.1. The highest BCUT2D eigenvalue weighted by Crippen LogP contribution is 2.39. The number of fused-ring (bicyclic) bond motifs is 2. The van der Waals surface area contributed by atoms with Crippen LogP contribution >= 0.6 is 24.0 Å². The molecule has 0 bridgehead atoms. The van der Waals surface area contributed by atoms with Gasteiger partial charge >= 0.3 is 0 Å². The van der Waals surface area contributed by atoms with E-state index in [1.165, 1.54) is 14.9 Å². The zero-order chi connectivity index (χ0) is 25.9. The fourth-order valence-electron chi connectivity index (χ4n) is 5.29. The van der Waals surface area contributed by atoms with Gasteiger partial charge in [-0.05, 0) is 55.5 Å². The van der Waals surface area contributed by atoms with E-state index >= 15 is 0 Å². The summed E-state index contributed by atoms with van der Waals surface area (Å²) in [6.45, 7) is 2.60. The molecule has 0 saturated carbocycles. The first kappa shape index (κ1) is 24.3. The fraction of sp³-hybridized carbons (Fsp3) is 0.308. The van der Waals surface area contributed by atoms with Gasteiger partial charge in [0.25, 0.3) is 11.5 Å². The van der Waals surface area contributed by atoms with Gasteiger partial charge < -0.3 is 4.90 Å². The highest BCUT2D eigenvalue weighted by Gasteiger charge is 2.42. The molecular formula is C26H24N4O4S3. The van der Waals surface area contributed by atoms with Crippen molar-refractivity contribution in [3.05, 3.63) is 74.5 Å². The Morgan fingerprint density at radius 2 is 1.97 bits per heavy atom. The number of thiocarbonyl (C=S) groups is 1.